The standard InChI is InChI=1S/C31H19N3O10S/c1-44-15-9-14(35)18-19(23(15)36)25(38)21-20(24(18)37)27(40)31(28(21)41)5-4-11-7-12-8-13(33-30(43)17(12)26(39)22(11)31)10-32-34-29(42)16-3-2-6-45-16/h2-3,6-10,39-41H,4-5H2,1H3,(H,33,43)(H,34,42). The van der Waals surface area contributed by atoms with Gasteiger partial charge in [0.05, 0.1) is 50.2 Å². The van der Waals surface area contributed by atoms with Gasteiger partial charge < -0.3 is 25.0 Å². The third kappa shape index (κ3) is 3.62. The first kappa shape index (κ1) is 27.9. The van der Waals surface area contributed by atoms with E-state index in [1.807, 2.05) is 0 Å². The van der Waals surface area contributed by atoms with Crippen molar-refractivity contribution in [3.05, 3.63) is 130 Å². The number of carbonyl (C=O) groups is 1. The summed E-state index contributed by atoms with van der Waals surface area (Å²) in [4.78, 5) is 81.2. The highest BCUT2D eigenvalue weighted by Gasteiger charge is 2.53. The maximum atomic E-state index is 13.6. The molecule has 1 spiro atoms. The zero-order chi connectivity index (χ0) is 31.9. The molecule has 0 aliphatic heterocycles. The van der Waals surface area contributed by atoms with E-state index in [0.717, 1.165) is 13.2 Å². The molecule has 2 heterocycles. The molecular weight excluding hydrogens is 606 g/mol. The summed E-state index contributed by atoms with van der Waals surface area (Å²) in [7, 11) is 1.11. The average molecular weight is 626 g/mol. The smallest absolute Gasteiger partial charge is 0.281 e. The van der Waals surface area contributed by atoms with Crippen LogP contribution in [0.2, 0.25) is 0 Å². The van der Waals surface area contributed by atoms with Crippen LogP contribution in [0, 0.1) is 10.4 Å². The second-order valence-electron chi connectivity index (χ2n) is 10.6. The highest BCUT2D eigenvalue weighted by molar-refractivity contribution is 7.12. The predicted molar refractivity (Wildman–Crippen MR) is 163 cm³/mol. The highest BCUT2D eigenvalue weighted by atomic mass is 32.1. The van der Waals surface area contributed by atoms with Crippen molar-refractivity contribution >= 4 is 45.7 Å². The van der Waals surface area contributed by atoms with Crippen molar-refractivity contribution in [2.45, 2.75) is 18.3 Å². The van der Waals surface area contributed by atoms with Crippen LogP contribution < -0.4 is 47.9 Å². The number of pyridine rings is 1. The van der Waals surface area contributed by atoms with Gasteiger partial charge in [-0.2, -0.15) is 5.10 Å². The number of hydrogen-bond acceptors (Lipinski definition) is 12. The van der Waals surface area contributed by atoms with Gasteiger partial charge in [-0.3, -0.25) is 28.8 Å². The van der Waals surface area contributed by atoms with Gasteiger partial charge in [0.1, 0.15) is 22.7 Å². The molecule has 0 bridgehead atoms. The first-order chi connectivity index (χ1) is 21.5. The topological polar surface area (TPSA) is 213 Å². The largest absolute Gasteiger partial charge is 0.510 e. The Hall–Kier alpha value is -5.89. The zero-order valence-corrected chi connectivity index (χ0v) is 23.8. The molecule has 0 fully saturated rings. The zero-order valence-electron chi connectivity index (χ0n) is 23.0. The van der Waals surface area contributed by atoms with Crippen LogP contribution in [-0.2, 0) is 11.8 Å². The summed E-state index contributed by atoms with van der Waals surface area (Å²) in [6, 6.07) is 7.16. The first-order valence-electron chi connectivity index (χ1n) is 13.4. The fourth-order valence-electron chi connectivity index (χ4n) is 6.46. The van der Waals surface area contributed by atoms with Crippen LogP contribution in [0.4, 0.5) is 0 Å². The first-order valence-corrected chi connectivity index (χ1v) is 14.2. The number of thiophene rings is 1. The quantitative estimate of drug-likeness (QED) is 0.126. The summed E-state index contributed by atoms with van der Waals surface area (Å²) >= 11 is 1.23. The van der Waals surface area contributed by atoms with Crippen LogP contribution in [-0.4, -0.2) is 39.5 Å². The van der Waals surface area contributed by atoms with E-state index in [1.165, 1.54) is 23.6 Å². The Labute approximate surface area is 252 Å². The van der Waals surface area contributed by atoms with Gasteiger partial charge in [0.15, 0.2) is 11.2 Å². The number of aromatic hydroxyl groups is 1. The number of aryl methyl sites for hydroxylation is 1. The van der Waals surface area contributed by atoms with E-state index in [4.69, 9.17) is 4.74 Å². The fraction of sp³-hybridized carbons (Fsp3) is 0.129. The number of benzene rings is 1. The number of methoxy groups -OCH3 is 1. The summed E-state index contributed by atoms with van der Waals surface area (Å²) in [5.41, 5.74) is -4.21. The lowest BCUT2D eigenvalue weighted by Gasteiger charge is -2.27. The van der Waals surface area contributed by atoms with Crippen LogP contribution in [0.3, 0.4) is 0 Å². The number of aromatic amines is 1. The van der Waals surface area contributed by atoms with Gasteiger partial charge >= 0.3 is 0 Å². The molecule has 1 aromatic carbocycles. The van der Waals surface area contributed by atoms with E-state index >= 15 is 0 Å². The molecule has 5 N–H and O–H groups in total. The molecule has 2 aromatic heterocycles. The number of fused-ring (bicyclic) bond motifs is 4. The minimum atomic E-state index is -2.00. The van der Waals surface area contributed by atoms with Crippen molar-refractivity contribution in [2.24, 2.45) is 5.10 Å². The molecule has 224 valence electrons. The van der Waals surface area contributed by atoms with E-state index in [1.54, 1.807) is 23.6 Å². The molecular formula is C31H19N3O10S. The number of nitrogens with one attached hydrogen (secondary N) is 2. The summed E-state index contributed by atoms with van der Waals surface area (Å²) in [5.74, 6) is -3.09. The molecule has 4 aliphatic carbocycles. The molecule has 1 unspecified atom stereocenters. The number of H-pyrrole nitrogens is 1. The number of rotatable bonds is 4. The van der Waals surface area contributed by atoms with Crippen molar-refractivity contribution in [1.82, 2.24) is 10.4 Å². The minimum Gasteiger partial charge on any atom is -0.510 e. The molecule has 4 aliphatic rings. The Morgan fingerprint density at radius 1 is 1.00 bits per heavy atom. The van der Waals surface area contributed by atoms with Gasteiger partial charge in [0.2, 0.25) is 16.3 Å². The maximum Gasteiger partial charge on any atom is 0.281 e. The number of phenols is 1. The van der Waals surface area contributed by atoms with E-state index in [0.29, 0.717) is 10.4 Å². The van der Waals surface area contributed by atoms with E-state index < -0.39 is 82.5 Å². The number of carbonyl (C=O) groups excluding carboxylic acids is 1. The van der Waals surface area contributed by atoms with Crippen LogP contribution >= 0.6 is 11.3 Å². The SMILES string of the molecule is COc1cc(=O)c2c(=O)c3c(c(=O)c=2c1=O)=C(O)C1(CCc2cc4cc(C=NNC(=O)c5cccs5)[nH]c(=O)c4c(O)c21)C=3O. The monoisotopic (exact) mass is 625 g/mol. The number of ether oxygens (including phenoxy) is 1. The van der Waals surface area contributed by atoms with E-state index in [2.05, 4.69) is 15.5 Å². The number of hydrazone groups is 1. The summed E-state index contributed by atoms with van der Waals surface area (Å²) in [6.45, 7) is 0. The Bertz CT molecular complexity index is 2670. The fourth-order valence-corrected chi connectivity index (χ4v) is 7.07. The van der Waals surface area contributed by atoms with Crippen LogP contribution in [0.15, 0.2) is 64.8 Å². The lowest BCUT2D eigenvalue weighted by Crippen LogP contribution is -2.51. The normalized spacial score (nSPS) is 17.1. The molecule has 45 heavy (non-hydrogen) atoms. The Balaban J connectivity index is 1.43. The molecule has 0 saturated carbocycles. The van der Waals surface area contributed by atoms with Gasteiger partial charge in [-0.05, 0) is 41.3 Å². The van der Waals surface area contributed by atoms with Gasteiger partial charge in [-0.25, -0.2) is 5.43 Å². The molecule has 1 amide bonds. The minimum absolute atomic E-state index is 0.0959. The number of aliphatic hydroxyl groups excluding tert-OH is 2. The number of aliphatic hydroxyl groups is 2. The number of phenolic OH excluding ortho intramolecular Hbond substituents is 1. The van der Waals surface area contributed by atoms with Crippen molar-refractivity contribution in [3.63, 3.8) is 0 Å². The Kier molecular flexibility index (Phi) is 5.93. The average Bonchev–Trinajstić information content (AvgIpc) is 3.72. The van der Waals surface area contributed by atoms with Crippen LogP contribution in [0.25, 0.3) is 22.3 Å². The van der Waals surface area contributed by atoms with Crippen molar-refractivity contribution < 1.29 is 24.9 Å². The summed E-state index contributed by atoms with van der Waals surface area (Å²) in [6.07, 6.45) is 1.22. The number of amides is 1. The summed E-state index contributed by atoms with van der Waals surface area (Å²) < 4.78 is 4.89. The number of hydrogen-bond donors (Lipinski definition) is 5. The van der Waals surface area contributed by atoms with Crippen molar-refractivity contribution in [2.75, 3.05) is 7.11 Å². The molecule has 0 saturated heterocycles. The Morgan fingerprint density at radius 3 is 2.38 bits per heavy atom. The van der Waals surface area contributed by atoms with Crippen LogP contribution in [0.5, 0.6) is 11.5 Å². The van der Waals surface area contributed by atoms with E-state index in [-0.39, 0.29) is 34.9 Å². The molecule has 14 heteroatoms. The molecule has 7 rings (SSSR count). The van der Waals surface area contributed by atoms with Crippen LogP contribution in [0.1, 0.15) is 32.9 Å². The highest BCUT2D eigenvalue weighted by Crippen LogP contribution is 2.54. The summed E-state index contributed by atoms with van der Waals surface area (Å²) in [5, 5.41) is 37.4. The van der Waals surface area contributed by atoms with Crippen molar-refractivity contribution in [3.8, 4) is 11.5 Å². The van der Waals surface area contributed by atoms with Gasteiger partial charge in [-0.15, -0.1) is 11.3 Å². The van der Waals surface area contributed by atoms with Crippen molar-refractivity contribution in [1.29, 1.82) is 0 Å². The third-order valence-electron chi connectivity index (χ3n) is 8.39. The molecule has 1 atom stereocenters. The molecule has 3 aromatic rings. The molecule has 0 radical (unpaired) electrons. The predicted octanol–water partition coefficient (Wildman–Crippen LogP) is -0.661. The second kappa shape index (κ2) is 9.56. The van der Waals surface area contributed by atoms with Gasteiger partial charge in [0.25, 0.3) is 11.5 Å². The second-order valence-corrected chi connectivity index (χ2v) is 11.6. The number of nitrogens with zero attached hydrogens (tertiary/aromatic N) is 1. The van der Waals surface area contributed by atoms with Gasteiger partial charge in [0, 0.05) is 11.6 Å². The van der Waals surface area contributed by atoms with E-state index in [9.17, 15) is 44.1 Å². The molecule has 13 nitrogen and oxygen atoms in total. The third-order valence-corrected chi connectivity index (χ3v) is 9.26. The lowest BCUT2D eigenvalue weighted by molar-refractivity contribution is 0.0959. The maximum absolute atomic E-state index is 13.6. The number of aromatic nitrogens is 1. The lowest BCUT2D eigenvalue weighted by atomic mass is 9.78. The Morgan fingerprint density at radius 2 is 1.71 bits per heavy atom. The van der Waals surface area contributed by atoms with Gasteiger partial charge in [-0.1, -0.05) is 12.1 Å².